The monoisotopic (exact) mass is 301 g/mol. The molecule has 5 heteroatoms. The van der Waals surface area contributed by atoms with Crippen molar-refractivity contribution in [2.24, 2.45) is 0 Å². The highest BCUT2D eigenvalue weighted by molar-refractivity contribution is 5.77. The Hall–Kier alpha value is -1.75. The second-order valence-electron chi connectivity index (χ2n) is 6.37. The Labute approximate surface area is 129 Å². The number of hydrogen-bond donors (Lipinski definition) is 0. The Bertz CT molecular complexity index is 680. The maximum Gasteiger partial charge on any atom is 0.316 e. The summed E-state index contributed by atoms with van der Waals surface area (Å²) in [4.78, 5) is 11.1. The van der Waals surface area contributed by atoms with E-state index in [-0.39, 0.29) is 18.3 Å². The summed E-state index contributed by atoms with van der Waals surface area (Å²) in [5.41, 5.74) is 0.882. The molecule has 2 aliphatic heterocycles. The number of rotatable bonds is 4. The minimum Gasteiger partial charge on any atom is -0.461 e. The van der Waals surface area contributed by atoms with Gasteiger partial charge in [-0.25, -0.2) is 9.37 Å². The topological polar surface area (TPSA) is 38.3 Å². The number of ether oxygens (including phenoxy) is 1. The van der Waals surface area contributed by atoms with Crippen molar-refractivity contribution in [2.45, 2.75) is 37.3 Å². The number of benzene rings is 1. The van der Waals surface area contributed by atoms with E-state index in [9.17, 15) is 4.39 Å². The van der Waals surface area contributed by atoms with Gasteiger partial charge in [-0.2, -0.15) is 4.98 Å². The molecule has 116 valence electrons. The first-order valence-electron chi connectivity index (χ1n) is 7.98. The molecule has 0 amide bonds. The number of halogens is 1. The predicted octanol–water partition coefficient (Wildman–Crippen LogP) is 2.98. The van der Waals surface area contributed by atoms with E-state index < -0.39 is 0 Å². The molecule has 2 fully saturated rings. The average Bonchev–Trinajstić information content (AvgIpc) is 3.11. The second-order valence-corrected chi connectivity index (χ2v) is 6.37. The lowest BCUT2D eigenvalue weighted by molar-refractivity contribution is 0.0772. The van der Waals surface area contributed by atoms with Crippen LogP contribution in [0, 0.1) is 0 Å². The van der Waals surface area contributed by atoms with E-state index in [2.05, 4.69) is 14.9 Å². The molecule has 2 saturated heterocycles. The molecule has 0 saturated carbocycles. The first-order chi connectivity index (χ1) is 10.8. The predicted molar refractivity (Wildman–Crippen MR) is 82.7 cm³/mol. The van der Waals surface area contributed by atoms with Crippen LogP contribution in [0.25, 0.3) is 10.9 Å². The lowest BCUT2D eigenvalue weighted by atomic mass is 9.95. The summed E-state index contributed by atoms with van der Waals surface area (Å²) in [7, 11) is 0. The fourth-order valence-corrected chi connectivity index (χ4v) is 4.00. The summed E-state index contributed by atoms with van der Waals surface area (Å²) in [5.74, 6) is 0. The Morgan fingerprint density at radius 2 is 2.23 bits per heavy atom. The standard InChI is InChI=1S/C17H20FN3O/c18-10-14-6-8-17(7-3-9-21(14)17)12-22-16-19-11-13-4-1-2-5-15(13)20-16/h1-2,4-5,11,14H,3,6-10,12H2/t14-,17-/m0/s1. The van der Waals surface area contributed by atoms with Crippen molar-refractivity contribution in [1.82, 2.24) is 14.9 Å². The molecule has 0 spiro atoms. The average molecular weight is 301 g/mol. The zero-order valence-corrected chi connectivity index (χ0v) is 12.5. The number of alkyl halides is 1. The van der Waals surface area contributed by atoms with Gasteiger partial charge in [0.1, 0.15) is 13.3 Å². The molecular weight excluding hydrogens is 281 g/mol. The summed E-state index contributed by atoms with van der Waals surface area (Å²) in [6.07, 6.45) is 5.93. The highest BCUT2D eigenvalue weighted by Crippen LogP contribution is 2.42. The van der Waals surface area contributed by atoms with E-state index in [4.69, 9.17) is 4.74 Å². The fourth-order valence-electron chi connectivity index (χ4n) is 4.00. The largest absolute Gasteiger partial charge is 0.461 e. The second kappa shape index (κ2) is 5.47. The first kappa shape index (κ1) is 13.9. The molecule has 3 heterocycles. The van der Waals surface area contributed by atoms with Crippen LogP contribution in [-0.2, 0) is 0 Å². The summed E-state index contributed by atoms with van der Waals surface area (Å²) in [5, 5.41) is 1.01. The van der Waals surface area contributed by atoms with Gasteiger partial charge in [0.15, 0.2) is 0 Å². The maximum atomic E-state index is 13.1. The Morgan fingerprint density at radius 3 is 3.14 bits per heavy atom. The van der Waals surface area contributed by atoms with Crippen LogP contribution in [0.2, 0.25) is 0 Å². The van der Waals surface area contributed by atoms with E-state index in [1.54, 1.807) is 6.20 Å². The molecule has 2 atom stereocenters. The van der Waals surface area contributed by atoms with Crippen LogP contribution in [-0.4, -0.2) is 46.3 Å². The van der Waals surface area contributed by atoms with E-state index in [0.29, 0.717) is 12.6 Å². The lowest BCUT2D eigenvalue weighted by Gasteiger charge is -2.33. The summed E-state index contributed by atoms with van der Waals surface area (Å²) in [6, 6.07) is 8.36. The van der Waals surface area contributed by atoms with Crippen molar-refractivity contribution in [3.05, 3.63) is 30.5 Å². The van der Waals surface area contributed by atoms with Gasteiger partial charge in [-0.15, -0.1) is 0 Å². The first-order valence-corrected chi connectivity index (χ1v) is 7.98. The van der Waals surface area contributed by atoms with Crippen LogP contribution < -0.4 is 4.74 Å². The van der Waals surface area contributed by atoms with E-state index in [1.165, 1.54) is 0 Å². The van der Waals surface area contributed by atoms with Gasteiger partial charge >= 0.3 is 6.01 Å². The van der Waals surface area contributed by atoms with E-state index in [0.717, 1.165) is 43.1 Å². The molecule has 0 radical (unpaired) electrons. The zero-order chi connectivity index (χ0) is 15.0. The number of hydrogen-bond acceptors (Lipinski definition) is 4. The minimum absolute atomic E-state index is 0.00817. The molecule has 1 aromatic carbocycles. The third-order valence-corrected chi connectivity index (χ3v) is 5.15. The number of aromatic nitrogens is 2. The van der Waals surface area contributed by atoms with Crippen molar-refractivity contribution in [3.8, 4) is 6.01 Å². The summed E-state index contributed by atoms with van der Waals surface area (Å²) >= 11 is 0. The molecular formula is C17H20FN3O. The van der Waals surface area contributed by atoms with Gasteiger partial charge in [0.05, 0.1) is 11.1 Å². The molecule has 0 aliphatic carbocycles. The quantitative estimate of drug-likeness (QED) is 0.870. The smallest absolute Gasteiger partial charge is 0.316 e. The van der Waals surface area contributed by atoms with Crippen molar-refractivity contribution >= 4 is 10.9 Å². The molecule has 0 unspecified atom stereocenters. The van der Waals surface area contributed by atoms with Gasteiger partial charge in [-0.05, 0) is 38.3 Å². The Morgan fingerprint density at radius 1 is 1.32 bits per heavy atom. The molecule has 2 aromatic rings. The maximum absolute atomic E-state index is 13.1. The van der Waals surface area contributed by atoms with Gasteiger partial charge in [-0.1, -0.05) is 18.2 Å². The third kappa shape index (κ3) is 2.24. The van der Waals surface area contributed by atoms with E-state index in [1.807, 2.05) is 24.3 Å². The Kier molecular flexibility index (Phi) is 3.45. The fraction of sp³-hybridized carbons (Fsp3) is 0.529. The molecule has 4 rings (SSSR count). The van der Waals surface area contributed by atoms with Gasteiger partial charge in [-0.3, -0.25) is 4.90 Å². The van der Waals surface area contributed by atoms with Gasteiger partial charge < -0.3 is 4.74 Å². The molecule has 4 nitrogen and oxygen atoms in total. The SMILES string of the molecule is FC[C@@H]1CC[C@]2(COc3ncc4ccccc4n3)CCCN12. The number of para-hydroxylation sites is 1. The molecule has 1 aromatic heterocycles. The summed E-state index contributed by atoms with van der Waals surface area (Å²) < 4.78 is 19.0. The van der Waals surface area contributed by atoms with Crippen molar-refractivity contribution in [3.63, 3.8) is 0 Å². The number of fused-ring (bicyclic) bond motifs is 2. The van der Waals surface area contributed by atoms with Gasteiger partial charge in [0.2, 0.25) is 0 Å². The molecule has 0 N–H and O–H groups in total. The molecule has 0 bridgehead atoms. The molecule has 22 heavy (non-hydrogen) atoms. The van der Waals surface area contributed by atoms with Crippen LogP contribution >= 0.6 is 0 Å². The third-order valence-electron chi connectivity index (χ3n) is 5.15. The van der Waals surface area contributed by atoms with E-state index >= 15 is 0 Å². The molecule has 2 aliphatic rings. The van der Waals surface area contributed by atoms with Crippen molar-refractivity contribution in [2.75, 3.05) is 19.8 Å². The summed E-state index contributed by atoms with van der Waals surface area (Å²) in [6.45, 7) is 1.28. The van der Waals surface area contributed by atoms with Crippen LogP contribution in [0.1, 0.15) is 25.7 Å². The lowest BCUT2D eigenvalue weighted by Crippen LogP contribution is -2.47. The normalized spacial score (nSPS) is 28.1. The van der Waals surface area contributed by atoms with Crippen LogP contribution in [0.3, 0.4) is 0 Å². The van der Waals surface area contributed by atoms with Gasteiger partial charge in [0.25, 0.3) is 0 Å². The van der Waals surface area contributed by atoms with Crippen LogP contribution in [0.15, 0.2) is 30.5 Å². The Balaban J connectivity index is 1.51. The highest BCUT2D eigenvalue weighted by Gasteiger charge is 2.49. The van der Waals surface area contributed by atoms with Gasteiger partial charge in [0, 0.05) is 17.6 Å². The minimum atomic E-state index is -0.256. The van der Waals surface area contributed by atoms with Crippen molar-refractivity contribution in [1.29, 1.82) is 0 Å². The van der Waals surface area contributed by atoms with Crippen LogP contribution in [0.4, 0.5) is 4.39 Å². The zero-order valence-electron chi connectivity index (χ0n) is 12.5. The van der Waals surface area contributed by atoms with Crippen LogP contribution in [0.5, 0.6) is 6.01 Å². The van der Waals surface area contributed by atoms with Crippen molar-refractivity contribution < 1.29 is 9.13 Å². The number of nitrogens with zero attached hydrogens (tertiary/aromatic N) is 3. The highest BCUT2D eigenvalue weighted by atomic mass is 19.1.